The standard InChI is InChI=1S/C20H23NO2/c1-2-3-15-23-18-12-8-7-11-17(18)21-19(22)20(13-14-20)16-9-5-4-6-10-16/h4-12H,2-3,13-15H2,1H3,(H,21,22). The maximum Gasteiger partial charge on any atom is 0.235 e. The quantitative estimate of drug-likeness (QED) is 0.763. The molecule has 0 spiro atoms. The van der Waals surface area contributed by atoms with Crippen LogP contribution in [0.2, 0.25) is 0 Å². The Morgan fingerprint density at radius 1 is 1.09 bits per heavy atom. The molecule has 1 aliphatic carbocycles. The van der Waals surface area contributed by atoms with E-state index in [1.165, 1.54) is 0 Å². The summed E-state index contributed by atoms with van der Waals surface area (Å²) in [5, 5.41) is 3.07. The minimum Gasteiger partial charge on any atom is -0.491 e. The molecule has 0 aromatic heterocycles. The van der Waals surface area contributed by atoms with Gasteiger partial charge in [-0.3, -0.25) is 4.79 Å². The fourth-order valence-electron chi connectivity index (χ4n) is 2.79. The lowest BCUT2D eigenvalue weighted by Crippen LogP contribution is -2.28. The normalized spacial score (nSPS) is 15.0. The molecule has 0 saturated heterocycles. The van der Waals surface area contributed by atoms with E-state index in [1.807, 2.05) is 54.6 Å². The molecule has 3 nitrogen and oxygen atoms in total. The number of nitrogens with one attached hydrogen (secondary N) is 1. The number of para-hydroxylation sites is 2. The Labute approximate surface area is 137 Å². The maximum atomic E-state index is 12.8. The number of benzene rings is 2. The summed E-state index contributed by atoms with van der Waals surface area (Å²) in [7, 11) is 0. The van der Waals surface area contributed by atoms with Crippen molar-refractivity contribution >= 4 is 11.6 Å². The summed E-state index contributed by atoms with van der Waals surface area (Å²) in [5.74, 6) is 0.813. The van der Waals surface area contributed by atoms with Gasteiger partial charge in [-0.05, 0) is 37.0 Å². The van der Waals surface area contributed by atoms with Crippen LogP contribution in [0.15, 0.2) is 54.6 Å². The second kappa shape index (κ2) is 6.86. The van der Waals surface area contributed by atoms with Gasteiger partial charge < -0.3 is 10.1 Å². The van der Waals surface area contributed by atoms with Crippen molar-refractivity contribution in [3.63, 3.8) is 0 Å². The van der Waals surface area contributed by atoms with E-state index in [0.29, 0.717) is 6.61 Å². The molecule has 2 aromatic rings. The number of hydrogen-bond acceptors (Lipinski definition) is 2. The van der Waals surface area contributed by atoms with Gasteiger partial charge in [-0.25, -0.2) is 0 Å². The van der Waals surface area contributed by atoms with Gasteiger partial charge in [-0.15, -0.1) is 0 Å². The molecule has 23 heavy (non-hydrogen) atoms. The number of unbranched alkanes of at least 4 members (excludes halogenated alkanes) is 1. The number of carbonyl (C=O) groups excluding carboxylic acids is 1. The molecular formula is C20H23NO2. The Morgan fingerprint density at radius 3 is 2.48 bits per heavy atom. The van der Waals surface area contributed by atoms with Crippen LogP contribution in [0, 0.1) is 0 Å². The second-order valence-corrected chi connectivity index (χ2v) is 6.10. The first-order chi connectivity index (χ1) is 11.3. The second-order valence-electron chi connectivity index (χ2n) is 6.10. The lowest BCUT2D eigenvalue weighted by Gasteiger charge is -2.18. The maximum absolute atomic E-state index is 12.8. The summed E-state index contributed by atoms with van der Waals surface area (Å²) in [6.07, 6.45) is 3.91. The Morgan fingerprint density at radius 2 is 1.78 bits per heavy atom. The summed E-state index contributed by atoms with van der Waals surface area (Å²) in [6, 6.07) is 17.7. The largest absolute Gasteiger partial charge is 0.491 e. The molecule has 1 aliphatic rings. The van der Waals surface area contributed by atoms with Crippen molar-refractivity contribution in [1.29, 1.82) is 0 Å². The van der Waals surface area contributed by atoms with E-state index in [9.17, 15) is 4.79 Å². The molecule has 2 aromatic carbocycles. The molecule has 3 rings (SSSR count). The van der Waals surface area contributed by atoms with E-state index >= 15 is 0 Å². The number of anilines is 1. The Kier molecular flexibility index (Phi) is 4.65. The highest BCUT2D eigenvalue weighted by atomic mass is 16.5. The van der Waals surface area contributed by atoms with E-state index in [-0.39, 0.29) is 11.3 Å². The molecule has 0 radical (unpaired) electrons. The summed E-state index contributed by atoms with van der Waals surface area (Å²) in [5.41, 5.74) is 1.50. The van der Waals surface area contributed by atoms with Crippen LogP contribution in [0.1, 0.15) is 38.2 Å². The molecule has 0 unspecified atom stereocenters. The number of carbonyl (C=O) groups is 1. The van der Waals surface area contributed by atoms with Crippen LogP contribution in [0.25, 0.3) is 0 Å². The van der Waals surface area contributed by atoms with Gasteiger partial charge in [-0.2, -0.15) is 0 Å². The fraction of sp³-hybridized carbons (Fsp3) is 0.350. The van der Waals surface area contributed by atoms with Gasteiger partial charge in [0.15, 0.2) is 0 Å². The molecule has 0 aliphatic heterocycles. The van der Waals surface area contributed by atoms with Crippen LogP contribution in [-0.4, -0.2) is 12.5 Å². The number of hydrogen-bond donors (Lipinski definition) is 1. The Bertz CT molecular complexity index is 662. The predicted octanol–water partition coefficient (Wildman–Crippen LogP) is 4.54. The molecule has 0 heterocycles. The topological polar surface area (TPSA) is 38.3 Å². The fourth-order valence-corrected chi connectivity index (χ4v) is 2.79. The third-order valence-electron chi connectivity index (χ3n) is 4.40. The van der Waals surface area contributed by atoms with Crippen LogP contribution in [0.3, 0.4) is 0 Å². The zero-order valence-corrected chi connectivity index (χ0v) is 13.5. The first-order valence-corrected chi connectivity index (χ1v) is 8.35. The molecule has 1 N–H and O–H groups in total. The van der Waals surface area contributed by atoms with Crippen molar-refractivity contribution < 1.29 is 9.53 Å². The van der Waals surface area contributed by atoms with Crippen LogP contribution in [0.5, 0.6) is 5.75 Å². The van der Waals surface area contributed by atoms with Gasteiger partial charge in [0.25, 0.3) is 0 Å². The van der Waals surface area contributed by atoms with Crippen molar-refractivity contribution in [2.24, 2.45) is 0 Å². The molecule has 1 fully saturated rings. The van der Waals surface area contributed by atoms with Crippen LogP contribution < -0.4 is 10.1 Å². The average Bonchev–Trinajstić information content (AvgIpc) is 3.39. The van der Waals surface area contributed by atoms with E-state index in [2.05, 4.69) is 12.2 Å². The van der Waals surface area contributed by atoms with Crippen molar-refractivity contribution in [3.05, 3.63) is 60.2 Å². The van der Waals surface area contributed by atoms with Crippen molar-refractivity contribution in [3.8, 4) is 5.75 Å². The average molecular weight is 309 g/mol. The van der Waals surface area contributed by atoms with Gasteiger partial charge >= 0.3 is 0 Å². The lowest BCUT2D eigenvalue weighted by molar-refractivity contribution is -0.118. The molecule has 3 heteroatoms. The minimum atomic E-state index is -0.363. The summed E-state index contributed by atoms with van der Waals surface area (Å²) in [6.45, 7) is 2.81. The van der Waals surface area contributed by atoms with Crippen molar-refractivity contribution in [1.82, 2.24) is 0 Å². The van der Waals surface area contributed by atoms with Gasteiger partial charge in [0, 0.05) is 0 Å². The van der Waals surface area contributed by atoms with Gasteiger partial charge in [0.2, 0.25) is 5.91 Å². The molecule has 120 valence electrons. The SMILES string of the molecule is CCCCOc1ccccc1NC(=O)C1(c2ccccc2)CC1. The highest BCUT2D eigenvalue weighted by Crippen LogP contribution is 2.49. The van der Waals surface area contributed by atoms with Gasteiger partial charge in [0.05, 0.1) is 17.7 Å². The smallest absolute Gasteiger partial charge is 0.235 e. The number of amides is 1. The van der Waals surface area contributed by atoms with Gasteiger partial charge in [0.1, 0.15) is 5.75 Å². The third-order valence-corrected chi connectivity index (χ3v) is 4.40. The molecule has 1 amide bonds. The first-order valence-electron chi connectivity index (χ1n) is 8.35. The lowest BCUT2D eigenvalue weighted by atomic mass is 9.95. The third kappa shape index (κ3) is 3.39. The van der Waals surface area contributed by atoms with Crippen LogP contribution >= 0.6 is 0 Å². The van der Waals surface area contributed by atoms with E-state index < -0.39 is 0 Å². The Balaban J connectivity index is 1.74. The predicted molar refractivity (Wildman–Crippen MR) is 92.8 cm³/mol. The number of rotatable bonds is 7. The molecule has 1 saturated carbocycles. The van der Waals surface area contributed by atoms with E-state index in [4.69, 9.17) is 4.74 Å². The highest BCUT2D eigenvalue weighted by molar-refractivity contribution is 6.02. The van der Waals surface area contributed by atoms with Crippen molar-refractivity contribution in [2.75, 3.05) is 11.9 Å². The zero-order valence-electron chi connectivity index (χ0n) is 13.5. The highest BCUT2D eigenvalue weighted by Gasteiger charge is 2.51. The van der Waals surface area contributed by atoms with Crippen molar-refractivity contribution in [2.45, 2.75) is 38.0 Å². The monoisotopic (exact) mass is 309 g/mol. The van der Waals surface area contributed by atoms with Crippen LogP contribution in [0.4, 0.5) is 5.69 Å². The first kappa shape index (κ1) is 15.6. The summed E-state index contributed by atoms with van der Waals surface area (Å²) < 4.78 is 5.80. The Hall–Kier alpha value is -2.29. The minimum absolute atomic E-state index is 0.0650. The van der Waals surface area contributed by atoms with E-state index in [0.717, 1.165) is 42.7 Å². The van der Waals surface area contributed by atoms with Crippen LogP contribution in [-0.2, 0) is 10.2 Å². The summed E-state index contributed by atoms with van der Waals surface area (Å²) in [4.78, 5) is 12.8. The van der Waals surface area contributed by atoms with E-state index in [1.54, 1.807) is 0 Å². The van der Waals surface area contributed by atoms with Gasteiger partial charge in [-0.1, -0.05) is 55.8 Å². The zero-order chi connectivity index (χ0) is 16.1. The molecular weight excluding hydrogens is 286 g/mol. The summed E-state index contributed by atoms with van der Waals surface area (Å²) >= 11 is 0. The number of ether oxygens (including phenoxy) is 1. The molecule has 0 atom stereocenters. The molecule has 0 bridgehead atoms.